The van der Waals surface area contributed by atoms with Crippen LogP contribution in [-0.4, -0.2) is 18.7 Å². The van der Waals surface area contributed by atoms with Gasteiger partial charge in [0.1, 0.15) is 0 Å². The summed E-state index contributed by atoms with van der Waals surface area (Å²) in [6, 6.07) is 44.3. The van der Waals surface area contributed by atoms with Gasteiger partial charge in [-0.1, -0.05) is 67.6 Å². The number of rotatable bonds is 3. The van der Waals surface area contributed by atoms with Crippen LogP contribution in [0.3, 0.4) is 0 Å². The number of hydrogen-bond acceptors (Lipinski definition) is 1. The van der Waals surface area contributed by atoms with E-state index in [1.165, 1.54) is 77.1 Å². The van der Waals surface area contributed by atoms with Gasteiger partial charge in [-0.15, -0.1) is 0 Å². The third-order valence-corrected chi connectivity index (χ3v) is 9.85. The number of aromatic nitrogens is 4. The summed E-state index contributed by atoms with van der Waals surface area (Å²) in [5, 5.41) is 6.36. The molecule has 5 aromatic carbocycles. The quantitative estimate of drug-likeness (QED) is 0.201. The molecule has 218 valence electrons. The van der Waals surface area contributed by atoms with Crippen molar-refractivity contribution >= 4 is 60.6 Å². The molecule has 0 radical (unpaired) electrons. The Kier molecular flexibility index (Phi) is 5.29. The van der Waals surface area contributed by atoms with Crippen LogP contribution in [0.15, 0.2) is 140 Å². The van der Waals surface area contributed by atoms with Crippen molar-refractivity contribution in [1.82, 2.24) is 18.7 Å². The maximum atomic E-state index is 4.33. The van der Waals surface area contributed by atoms with Crippen molar-refractivity contribution in [3.8, 4) is 17.1 Å². The van der Waals surface area contributed by atoms with Gasteiger partial charge in [-0.25, -0.2) is 0 Å². The first-order chi connectivity index (χ1) is 22.7. The minimum Gasteiger partial charge on any atom is -0.309 e. The van der Waals surface area contributed by atoms with Crippen molar-refractivity contribution in [3.05, 3.63) is 151 Å². The predicted octanol–water partition coefficient (Wildman–Crippen LogP) is 10.4. The van der Waals surface area contributed by atoms with Crippen LogP contribution >= 0.6 is 0 Å². The molecule has 9 aromatic rings. The topological polar surface area (TPSA) is 27.7 Å². The van der Waals surface area contributed by atoms with E-state index >= 15 is 0 Å². The summed E-state index contributed by atoms with van der Waals surface area (Å²) in [4.78, 5) is 4.33. The molecule has 1 aliphatic rings. The van der Waals surface area contributed by atoms with Gasteiger partial charge in [-0.05, 0) is 90.7 Å². The zero-order valence-electron chi connectivity index (χ0n) is 25.4. The average Bonchev–Trinajstić information content (AvgIpc) is 3.72. The van der Waals surface area contributed by atoms with Crippen molar-refractivity contribution < 1.29 is 0 Å². The van der Waals surface area contributed by atoms with E-state index in [-0.39, 0.29) is 0 Å². The second-order valence-electron chi connectivity index (χ2n) is 12.6. The number of benzene rings is 5. The highest BCUT2D eigenvalue weighted by molar-refractivity contribution is 6.21. The third-order valence-electron chi connectivity index (χ3n) is 9.85. The lowest BCUT2D eigenvalue weighted by molar-refractivity contribution is 0.717. The predicted molar refractivity (Wildman–Crippen MR) is 192 cm³/mol. The van der Waals surface area contributed by atoms with Crippen molar-refractivity contribution in [2.24, 2.45) is 5.92 Å². The second-order valence-corrected chi connectivity index (χ2v) is 12.6. The summed E-state index contributed by atoms with van der Waals surface area (Å²) in [5.41, 5.74) is 12.3. The zero-order chi connectivity index (χ0) is 30.4. The lowest BCUT2D eigenvalue weighted by Crippen LogP contribution is -2.05. The molecule has 1 unspecified atom stereocenters. The van der Waals surface area contributed by atoms with Crippen LogP contribution in [0.4, 0.5) is 0 Å². The molecule has 0 bridgehead atoms. The Hall–Kier alpha value is -5.87. The summed E-state index contributed by atoms with van der Waals surface area (Å²) in [7, 11) is 0. The molecule has 4 heterocycles. The van der Waals surface area contributed by atoms with E-state index < -0.39 is 0 Å². The number of pyridine rings is 1. The van der Waals surface area contributed by atoms with Crippen LogP contribution in [0.5, 0.6) is 0 Å². The summed E-state index contributed by atoms with van der Waals surface area (Å²) in [6.07, 6.45) is 9.47. The van der Waals surface area contributed by atoms with Crippen molar-refractivity contribution in [1.29, 1.82) is 0 Å². The SMILES string of the molecule is CC1C=Cc2c(c3cc4c(cc3n2-c2ccncc2)c2cc3c5ccccc5n(-c5ccccc5)c3cc2n4-c2ccccc2)C1. The van der Waals surface area contributed by atoms with Gasteiger partial charge in [-0.3, -0.25) is 4.98 Å². The van der Waals surface area contributed by atoms with Crippen molar-refractivity contribution in [3.63, 3.8) is 0 Å². The third kappa shape index (κ3) is 3.52. The Balaban J connectivity index is 1.39. The fourth-order valence-electron chi connectivity index (χ4n) is 7.86. The van der Waals surface area contributed by atoms with E-state index in [9.17, 15) is 0 Å². The maximum Gasteiger partial charge on any atom is 0.0562 e. The molecule has 0 N–H and O–H groups in total. The molecule has 0 saturated heterocycles. The lowest BCUT2D eigenvalue weighted by Gasteiger charge is -2.15. The molecule has 10 rings (SSSR count). The Morgan fingerprint density at radius 2 is 1.04 bits per heavy atom. The molecular weight excluding hydrogens is 560 g/mol. The first-order valence-electron chi connectivity index (χ1n) is 16.0. The molecule has 4 aromatic heterocycles. The van der Waals surface area contributed by atoms with Crippen LogP contribution in [0.2, 0.25) is 0 Å². The molecule has 0 aliphatic heterocycles. The van der Waals surface area contributed by atoms with Crippen LogP contribution < -0.4 is 0 Å². The number of para-hydroxylation sites is 3. The highest BCUT2D eigenvalue weighted by Gasteiger charge is 2.24. The van der Waals surface area contributed by atoms with E-state index in [0.29, 0.717) is 5.92 Å². The van der Waals surface area contributed by atoms with Crippen LogP contribution in [0.25, 0.3) is 77.7 Å². The molecule has 46 heavy (non-hydrogen) atoms. The fraction of sp³-hybridized carbons (Fsp3) is 0.0714. The minimum absolute atomic E-state index is 0.492. The number of nitrogens with zero attached hydrogens (tertiary/aromatic N) is 4. The molecule has 0 amide bonds. The van der Waals surface area contributed by atoms with Crippen LogP contribution in [-0.2, 0) is 6.42 Å². The summed E-state index contributed by atoms with van der Waals surface area (Å²) < 4.78 is 7.31. The first-order valence-corrected chi connectivity index (χ1v) is 16.0. The smallest absolute Gasteiger partial charge is 0.0562 e. The average molecular weight is 591 g/mol. The first kappa shape index (κ1) is 25.5. The van der Waals surface area contributed by atoms with Crippen molar-refractivity contribution in [2.75, 3.05) is 0 Å². The number of fused-ring (bicyclic) bond motifs is 9. The highest BCUT2D eigenvalue weighted by atomic mass is 15.0. The monoisotopic (exact) mass is 590 g/mol. The summed E-state index contributed by atoms with van der Waals surface area (Å²) >= 11 is 0. The minimum atomic E-state index is 0.492. The highest BCUT2D eigenvalue weighted by Crippen LogP contribution is 2.43. The maximum absolute atomic E-state index is 4.33. The zero-order valence-corrected chi connectivity index (χ0v) is 25.4. The van der Waals surface area contributed by atoms with Gasteiger partial charge in [0.2, 0.25) is 0 Å². The summed E-state index contributed by atoms with van der Waals surface area (Å²) in [5.74, 6) is 0.492. The molecule has 0 saturated carbocycles. The van der Waals surface area contributed by atoms with Gasteiger partial charge < -0.3 is 13.7 Å². The Bertz CT molecular complexity index is 2650. The summed E-state index contributed by atoms with van der Waals surface area (Å²) in [6.45, 7) is 2.31. The van der Waals surface area contributed by atoms with Gasteiger partial charge in [0, 0.05) is 62.1 Å². The van der Waals surface area contributed by atoms with Gasteiger partial charge in [0.15, 0.2) is 0 Å². The molecule has 0 spiro atoms. The van der Waals surface area contributed by atoms with Crippen molar-refractivity contribution in [2.45, 2.75) is 13.3 Å². The van der Waals surface area contributed by atoms with Crippen LogP contribution in [0.1, 0.15) is 18.2 Å². The normalized spacial score (nSPS) is 14.7. The molecule has 1 aliphatic carbocycles. The Morgan fingerprint density at radius 3 is 1.78 bits per heavy atom. The van der Waals surface area contributed by atoms with Gasteiger partial charge in [0.05, 0.1) is 27.6 Å². The van der Waals surface area contributed by atoms with Crippen LogP contribution in [0, 0.1) is 5.92 Å². The number of allylic oxidation sites excluding steroid dienone is 1. The second kappa shape index (κ2) is 9.56. The standard InChI is InChI=1S/C42H30N4/c1-27-16-17-38-32(22-27)35-24-40-36(25-39(35)45(38)30-18-20-43-21-19-30)34-23-33-31-14-8-9-15-37(31)44(28-10-4-2-5-11-28)41(33)26-42(34)46(40)29-12-6-3-7-13-29/h2-21,23-27H,22H2,1H3. The molecule has 1 atom stereocenters. The molecular formula is C42H30N4. The Morgan fingerprint density at radius 1 is 0.500 bits per heavy atom. The van der Waals surface area contributed by atoms with Gasteiger partial charge in [0.25, 0.3) is 0 Å². The van der Waals surface area contributed by atoms with Gasteiger partial charge in [-0.2, -0.15) is 0 Å². The van der Waals surface area contributed by atoms with E-state index in [0.717, 1.165) is 12.1 Å². The van der Waals surface area contributed by atoms with E-state index in [1.54, 1.807) is 0 Å². The van der Waals surface area contributed by atoms with E-state index in [4.69, 9.17) is 0 Å². The largest absolute Gasteiger partial charge is 0.309 e. The Labute approximate surface area is 266 Å². The molecule has 4 heteroatoms. The van der Waals surface area contributed by atoms with Gasteiger partial charge >= 0.3 is 0 Å². The molecule has 4 nitrogen and oxygen atoms in total. The number of hydrogen-bond donors (Lipinski definition) is 0. The van der Waals surface area contributed by atoms with E-state index in [2.05, 4.69) is 159 Å². The van der Waals surface area contributed by atoms with E-state index in [1.807, 2.05) is 12.4 Å². The molecule has 0 fully saturated rings. The lowest BCUT2D eigenvalue weighted by atomic mass is 9.93. The fourth-order valence-corrected chi connectivity index (χ4v) is 7.86.